The minimum absolute atomic E-state index is 0.0204. The highest BCUT2D eigenvalue weighted by molar-refractivity contribution is 5.86. The van der Waals surface area contributed by atoms with E-state index in [1.54, 1.807) is 13.0 Å². The molecule has 0 aromatic rings. The van der Waals surface area contributed by atoms with E-state index in [9.17, 15) is 19.8 Å². The summed E-state index contributed by atoms with van der Waals surface area (Å²) in [6.07, 6.45) is 5.71. The number of allylic oxidation sites excluding steroid dienone is 1. The van der Waals surface area contributed by atoms with E-state index in [0.29, 0.717) is 6.42 Å². The van der Waals surface area contributed by atoms with Crippen molar-refractivity contribution in [1.82, 2.24) is 0 Å². The fourth-order valence-corrected chi connectivity index (χ4v) is 7.44. The van der Waals surface area contributed by atoms with Crippen LogP contribution in [0.15, 0.2) is 24.3 Å². The molecule has 8 atom stereocenters. The number of hydrogen-bond donors (Lipinski definition) is 2. The third-order valence-corrected chi connectivity index (χ3v) is 8.55. The van der Waals surface area contributed by atoms with Gasteiger partial charge in [-0.3, -0.25) is 9.59 Å². The summed E-state index contributed by atoms with van der Waals surface area (Å²) in [5.74, 6) is -2.58. The third-order valence-electron chi connectivity index (χ3n) is 8.55. The van der Waals surface area contributed by atoms with Crippen LogP contribution in [0.4, 0.5) is 0 Å². The molecule has 25 heavy (non-hydrogen) atoms. The van der Waals surface area contributed by atoms with E-state index in [0.717, 1.165) is 24.8 Å². The van der Waals surface area contributed by atoms with Gasteiger partial charge in [0.05, 0.1) is 12.0 Å². The van der Waals surface area contributed by atoms with Gasteiger partial charge >= 0.3 is 11.9 Å². The number of carbonyl (C=O) groups excluding carboxylic acids is 1. The first-order valence-electron chi connectivity index (χ1n) is 9.14. The highest BCUT2D eigenvalue weighted by Gasteiger charge is 2.83. The molecule has 4 aliphatic carbocycles. The summed E-state index contributed by atoms with van der Waals surface area (Å²) in [4.78, 5) is 25.2. The number of carboxylic acid groups (broad SMARTS) is 1. The van der Waals surface area contributed by atoms with Gasteiger partial charge in [0.15, 0.2) is 0 Å². The van der Waals surface area contributed by atoms with Gasteiger partial charge in [0.2, 0.25) is 0 Å². The van der Waals surface area contributed by atoms with Crippen LogP contribution in [0.2, 0.25) is 0 Å². The number of aliphatic carboxylic acids is 1. The Morgan fingerprint density at radius 3 is 2.80 bits per heavy atom. The molecule has 5 aliphatic rings. The minimum Gasteiger partial charge on any atom is -0.481 e. The number of carboxylic acids is 1. The van der Waals surface area contributed by atoms with E-state index < -0.39 is 46.3 Å². The molecule has 1 spiro atoms. The zero-order valence-corrected chi connectivity index (χ0v) is 14.6. The molecule has 5 nitrogen and oxygen atoms in total. The standard InChI is InChI=1S/C20H24O5/c1-10-8-19-9-17(10,2)6-4-11(19)20-7-5-12(21)18(3,16(24)25-20)14(20)13(19)15(22)23/h5,7,11-14,21H,1,4,6,8-9H2,2-3H3,(H,22,23)/t11?,12?,13?,14?,17-,18?,19?,20?/m0/s1. The summed E-state index contributed by atoms with van der Waals surface area (Å²) in [5, 5.41) is 20.8. The Kier molecular flexibility index (Phi) is 2.52. The summed E-state index contributed by atoms with van der Waals surface area (Å²) >= 11 is 0. The Morgan fingerprint density at radius 2 is 2.12 bits per heavy atom. The Hall–Kier alpha value is -1.62. The van der Waals surface area contributed by atoms with Gasteiger partial charge in [-0.15, -0.1) is 0 Å². The predicted molar refractivity (Wildman–Crippen MR) is 88.3 cm³/mol. The van der Waals surface area contributed by atoms with Crippen molar-refractivity contribution in [3.05, 3.63) is 24.3 Å². The molecular formula is C20H24O5. The van der Waals surface area contributed by atoms with Crippen LogP contribution in [-0.4, -0.2) is 33.9 Å². The van der Waals surface area contributed by atoms with Crippen LogP contribution in [0.25, 0.3) is 0 Å². The first-order valence-corrected chi connectivity index (χ1v) is 9.14. The fraction of sp³-hybridized carbons (Fsp3) is 0.700. The zero-order valence-electron chi connectivity index (χ0n) is 14.6. The van der Waals surface area contributed by atoms with Gasteiger partial charge in [0.25, 0.3) is 0 Å². The number of fused-ring (bicyclic) bond motifs is 1. The number of aliphatic hydroxyl groups is 1. The predicted octanol–water partition coefficient (Wildman–Crippen LogP) is 2.30. The molecule has 4 fully saturated rings. The number of ether oxygens (including phenoxy) is 1. The highest BCUT2D eigenvalue weighted by atomic mass is 16.6. The summed E-state index contributed by atoms with van der Waals surface area (Å²) in [6, 6.07) is 0. The van der Waals surface area contributed by atoms with Crippen LogP contribution in [0, 0.1) is 34.0 Å². The topological polar surface area (TPSA) is 83.8 Å². The molecule has 0 aromatic heterocycles. The second kappa shape index (κ2) is 4.03. The molecule has 5 rings (SSSR count). The van der Waals surface area contributed by atoms with Gasteiger partial charge in [0, 0.05) is 11.8 Å². The van der Waals surface area contributed by atoms with E-state index in [2.05, 4.69) is 13.5 Å². The third kappa shape index (κ3) is 1.37. The van der Waals surface area contributed by atoms with Gasteiger partial charge in [-0.05, 0) is 49.5 Å². The Balaban J connectivity index is 1.78. The first-order chi connectivity index (χ1) is 11.6. The molecule has 1 saturated heterocycles. The zero-order chi connectivity index (χ0) is 18.0. The molecule has 1 aliphatic heterocycles. The highest BCUT2D eigenvalue weighted by Crippen LogP contribution is 2.78. The monoisotopic (exact) mass is 344 g/mol. The average Bonchev–Trinajstić information content (AvgIpc) is 2.95. The smallest absolute Gasteiger partial charge is 0.316 e. The second-order valence-electron chi connectivity index (χ2n) is 9.47. The number of carbonyl (C=O) groups is 2. The van der Waals surface area contributed by atoms with E-state index in [1.165, 1.54) is 0 Å². The van der Waals surface area contributed by atoms with E-state index in [-0.39, 0.29) is 11.3 Å². The van der Waals surface area contributed by atoms with Gasteiger partial charge in [-0.1, -0.05) is 25.2 Å². The van der Waals surface area contributed by atoms with Crippen molar-refractivity contribution in [3.63, 3.8) is 0 Å². The maximum atomic E-state index is 12.7. The van der Waals surface area contributed by atoms with Crippen molar-refractivity contribution in [2.75, 3.05) is 0 Å². The van der Waals surface area contributed by atoms with Crippen LogP contribution >= 0.6 is 0 Å². The molecule has 7 unspecified atom stereocenters. The van der Waals surface area contributed by atoms with Gasteiger partial charge < -0.3 is 14.9 Å². The lowest BCUT2D eigenvalue weighted by Crippen LogP contribution is -2.50. The van der Waals surface area contributed by atoms with Crippen LogP contribution in [0.3, 0.4) is 0 Å². The van der Waals surface area contributed by atoms with Crippen molar-refractivity contribution in [2.45, 2.75) is 51.2 Å². The van der Waals surface area contributed by atoms with Gasteiger partial charge in [-0.25, -0.2) is 0 Å². The largest absolute Gasteiger partial charge is 0.481 e. The molecule has 5 heteroatoms. The second-order valence-corrected chi connectivity index (χ2v) is 9.47. The van der Waals surface area contributed by atoms with Crippen molar-refractivity contribution in [3.8, 4) is 0 Å². The number of esters is 1. The molecule has 4 bridgehead atoms. The Morgan fingerprint density at radius 1 is 1.40 bits per heavy atom. The quantitative estimate of drug-likeness (QED) is 0.563. The SMILES string of the molecule is C=C1CC23C[C@]1(C)CCC2C12C=CC(O)C(C)(C(=O)O1)C2C3C(=O)O. The number of hydrogen-bond acceptors (Lipinski definition) is 4. The number of rotatable bonds is 1. The van der Waals surface area contributed by atoms with Crippen molar-refractivity contribution in [2.24, 2.45) is 34.0 Å². The van der Waals surface area contributed by atoms with Crippen molar-refractivity contribution < 1.29 is 24.5 Å². The van der Waals surface area contributed by atoms with Crippen molar-refractivity contribution in [1.29, 1.82) is 0 Å². The first kappa shape index (κ1) is 15.6. The molecular weight excluding hydrogens is 320 g/mol. The fourth-order valence-electron chi connectivity index (χ4n) is 7.44. The lowest BCUT2D eigenvalue weighted by Gasteiger charge is -2.45. The van der Waals surface area contributed by atoms with E-state index in [4.69, 9.17) is 4.74 Å². The molecule has 2 N–H and O–H groups in total. The molecule has 0 amide bonds. The lowest BCUT2D eigenvalue weighted by atomic mass is 9.60. The summed E-state index contributed by atoms with van der Waals surface area (Å²) in [6.45, 7) is 8.15. The number of aliphatic hydroxyl groups excluding tert-OH is 1. The summed E-state index contributed by atoms with van der Waals surface area (Å²) in [5.41, 5.74) is -1.41. The van der Waals surface area contributed by atoms with Crippen molar-refractivity contribution >= 4 is 11.9 Å². The molecule has 3 saturated carbocycles. The molecule has 0 radical (unpaired) electrons. The minimum atomic E-state index is -1.19. The van der Waals surface area contributed by atoms with Crippen LogP contribution in [-0.2, 0) is 14.3 Å². The summed E-state index contributed by atoms with van der Waals surface area (Å²) in [7, 11) is 0. The molecule has 1 heterocycles. The summed E-state index contributed by atoms with van der Waals surface area (Å²) < 4.78 is 5.95. The molecule has 0 aromatic carbocycles. The molecule has 134 valence electrons. The lowest BCUT2D eigenvalue weighted by molar-refractivity contribution is -0.162. The van der Waals surface area contributed by atoms with E-state index >= 15 is 0 Å². The maximum Gasteiger partial charge on any atom is 0.316 e. The normalized spacial score (nSPS) is 58.0. The van der Waals surface area contributed by atoms with Gasteiger partial charge in [0.1, 0.15) is 11.0 Å². The van der Waals surface area contributed by atoms with Crippen LogP contribution < -0.4 is 0 Å². The van der Waals surface area contributed by atoms with Gasteiger partial charge in [-0.2, -0.15) is 0 Å². The van der Waals surface area contributed by atoms with Crippen LogP contribution in [0.1, 0.15) is 39.5 Å². The average molecular weight is 344 g/mol. The Bertz CT molecular complexity index is 770. The van der Waals surface area contributed by atoms with E-state index in [1.807, 2.05) is 6.08 Å². The Labute approximate surface area is 146 Å². The van der Waals surface area contributed by atoms with Crippen LogP contribution in [0.5, 0.6) is 0 Å². The maximum absolute atomic E-state index is 12.7.